The summed E-state index contributed by atoms with van der Waals surface area (Å²) < 4.78 is 7.48. The van der Waals surface area contributed by atoms with E-state index in [4.69, 9.17) is 16.6 Å². The molecular formula is C19H28N4OS. The van der Waals surface area contributed by atoms with Gasteiger partial charge in [0.25, 0.3) is 4.84 Å². The molecular weight excluding hydrogens is 332 g/mol. The van der Waals surface area contributed by atoms with E-state index < -0.39 is 0 Å². The summed E-state index contributed by atoms with van der Waals surface area (Å²) in [5, 5.41) is 4.56. The predicted octanol–water partition coefficient (Wildman–Crippen LogP) is 3.59. The molecule has 0 atom stereocenters. The van der Waals surface area contributed by atoms with Crippen LogP contribution in [0.15, 0.2) is 28.7 Å². The first-order chi connectivity index (χ1) is 11.8. The van der Waals surface area contributed by atoms with E-state index in [-0.39, 0.29) is 5.41 Å². The van der Waals surface area contributed by atoms with Crippen LogP contribution < -0.4 is 0 Å². The molecule has 25 heavy (non-hydrogen) atoms. The van der Waals surface area contributed by atoms with E-state index in [9.17, 15) is 0 Å². The molecule has 1 aliphatic rings. The highest BCUT2D eigenvalue weighted by molar-refractivity contribution is 7.71. The number of benzene rings is 1. The smallest absolute Gasteiger partial charge is 0.288 e. The maximum Gasteiger partial charge on any atom is 0.288 e. The Bertz CT molecular complexity index is 766. The van der Waals surface area contributed by atoms with Crippen LogP contribution in [0.5, 0.6) is 0 Å². The summed E-state index contributed by atoms with van der Waals surface area (Å²) >= 11 is 5.33. The monoisotopic (exact) mass is 360 g/mol. The molecule has 0 unspecified atom stereocenters. The Kier molecular flexibility index (Phi) is 5.41. The molecule has 2 heterocycles. The molecule has 0 bridgehead atoms. The van der Waals surface area contributed by atoms with E-state index >= 15 is 0 Å². The first-order valence-corrected chi connectivity index (χ1v) is 9.31. The summed E-state index contributed by atoms with van der Waals surface area (Å²) in [7, 11) is 0. The van der Waals surface area contributed by atoms with Crippen molar-refractivity contribution >= 4 is 12.2 Å². The van der Waals surface area contributed by atoms with Crippen LogP contribution >= 0.6 is 12.2 Å². The summed E-state index contributed by atoms with van der Waals surface area (Å²) in [5.41, 5.74) is 2.67. The second-order valence-corrected chi connectivity index (χ2v) is 8.23. The lowest BCUT2D eigenvalue weighted by molar-refractivity contribution is 0.0972. The van der Waals surface area contributed by atoms with Crippen LogP contribution in [0.1, 0.15) is 37.8 Å². The van der Waals surface area contributed by atoms with E-state index in [0.717, 1.165) is 32.7 Å². The zero-order valence-corrected chi connectivity index (χ0v) is 16.5. The summed E-state index contributed by atoms with van der Waals surface area (Å²) in [4.78, 5) is 5.37. The lowest BCUT2D eigenvalue weighted by atomic mass is 9.97. The summed E-state index contributed by atoms with van der Waals surface area (Å²) in [6.07, 6.45) is 0. The molecule has 6 heteroatoms. The Morgan fingerprint density at radius 3 is 2.32 bits per heavy atom. The van der Waals surface area contributed by atoms with Gasteiger partial charge in [-0.15, -0.1) is 5.10 Å². The third-order valence-electron chi connectivity index (χ3n) is 4.70. The fourth-order valence-corrected chi connectivity index (χ4v) is 3.18. The number of aromatic nitrogens is 2. The van der Waals surface area contributed by atoms with Crippen LogP contribution in [0, 0.1) is 11.8 Å². The van der Waals surface area contributed by atoms with Gasteiger partial charge in [-0.25, -0.2) is 4.68 Å². The van der Waals surface area contributed by atoms with Crippen LogP contribution in [0.2, 0.25) is 0 Å². The quantitative estimate of drug-likeness (QED) is 0.779. The van der Waals surface area contributed by atoms with Gasteiger partial charge in [-0.3, -0.25) is 9.80 Å². The van der Waals surface area contributed by atoms with Gasteiger partial charge in [0.15, 0.2) is 0 Å². The minimum atomic E-state index is -0.120. The molecule has 3 rings (SSSR count). The van der Waals surface area contributed by atoms with Crippen molar-refractivity contribution in [2.45, 2.75) is 46.3 Å². The zero-order chi connectivity index (χ0) is 18.0. The maximum atomic E-state index is 5.66. The average Bonchev–Trinajstić information content (AvgIpc) is 2.93. The molecule has 1 aliphatic heterocycles. The summed E-state index contributed by atoms with van der Waals surface area (Å²) in [6.45, 7) is 14.3. The topological polar surface area (TPSA) is 37.4 Å². The van der Waals surface area contributed by atoms with E-state index in [1.54, 1.807) is 0 Å². The van der Waals surface area contributed by atoms with Crippen molar-refractivity contribution in [3.63, 3.8) is 0 Å². The maximum absolute atomic E-state index is 5.66. The highest BCUT2D eigenvalue weighted by Gasteiger charge is 2.23. The third kappa shape index (κ3) is 4.57. The van der Waals surface area contributed by atoms with Gasteiger partial charge < -0.3 is 4.42 Å². The molecule has 1 saturated heterocycles. The van der Waals surface area contributed by atoms with E-state index in [2.05, 4.69) is 66.9 Å². The fraction of sp³-hybridized carbons (Fsp3) is 0.579. The number of hydrogen-bond donors (Lipinski definition) is 0. The van der Waals surface area contributed by atoms with Gasteiger partial charge in [0.05, 0.1) is 6.67 Å². The lowest BCUT2D eigenvalue weighted by Crippen LogP contribution is -2.46. The minimum absolute atomic E-state index is 0.120. The number of rotatable bonds is 4. The Morgan fingerprint density at radius 1 is 1.08 bits per heavy atom. The Balaban J connectivity index is 1.56. The van der Waals surface area contributed by atoms with E-state index in [1.807, 2.05) is 4.68 Å². The number of piperazine rings is 1. The largest absolute Gasteiger partial charge is 0.413 e. The second kappa shape index (κ2) is 7.40. The molecule has 0 spiro atoms. The number of hydrogen-bond acceptors (Lipinski definition) is 5. The zero-order valence-electron chi connectivity index (χ0n) is 15.7. The first kappa shape index (κ1) is 18.3. The normalized spacial score (nSPS) is 17.1. The molecule has 0 aliphatic carbocycles. The minimum Gasteiger partial charge on any atom is -0.413 e. The Morgan fingerprint density at radius 2 is 1.72 bits per heavy atom. The molecule has 5 nitrogen and oxygen atoms in total. The van der Waals surface area contributed by atoms with Crippen molar-refractivity contribution < 1.29 is 4.42 Å². The summed E-state index contributed by atoms with van der Waals surface area (Å²) in [5.74, 6) is 0.704. The van der Waals surface area contributed by atoms with Gasteiger partial charge >= 0.3 is 0 Å². The van der Waals surface area contributed by atoms with Crippen LogP contribution in [-0.2, 0) is 18.6 Å². The average molecular weight is 361 g/mol. The van der Waals surface area contributed by atoms with Gasteiger partial charge in [-0.1, -0.05) is 45.0 Å². The van der Waals surface area contributed by atoms with Crippen molar-refractivity contribution in [1.29, 1.82) is 0 Å². The summed E-state index contributed by atoms with van der Waals surface area (Å²) in [6, 6.07) is 8.64. The van der Waals surface area contributed by atoms with Crippen LogP contribution in [-0.4, -0.2) is 45.8 Å². The van der Waals surface area contributed by atoms with Crippen LogP contribution in [0.4, 0.5) is 0 Å². The Labute approximate surface area is 155 Å². The lowest BCUT2D eigenvalue weighted by Gasteiger charge is -2.34. The highest BCUT2D eigenvalue weighted by atomic mass is 32.1. The molecule has 136 valence electrons. The highest BCUT2D eigenvalue weighted by Crippen LogP contribution is 2.20. The molecule has 0 radical (unpaired) electrons. The SMILES string of the molecule is Cc1ccccc1CN1CCN(Cn2nc(C(C)(C)C)oc2=S)CC1. The Hall–Kier alpha value is -1.50. The van der Waals surface area contributed by atoms with E-state index in [1.165, 1.54) is 11.1 Å². The van der Waals surface area contributed by atoms with Crippen molar-refractivity contribution in [2.24, 2.45) is 0 Å². The van der Waals surface area contributed by atoms with Crippen LogP contribution in [0.25, 0.3) is 0 Å². The van der Waals surface area contributed by atoms with Gasteiger partial charge in [0.2, 0.25) is 5.89 Å². The first-order valence-electron chi connectivity index (χ1n) is 8.90. The van der Waals surface area contributed by atoms with Crippen LogP contribution in [0.3, 0.4) is 0 Å². The molecule has 1 fully saturated rings. The molecule has 1 aromatic carbocycles. The predicted molar refractivity (Wildman–Crippen MR) is 102 cm³/mol. The molecule has 1 aromatic heterocycles. The fourth-order valence-electron chi connectivity index (χ4n) is 3.01. The number of nitrogens with zero attached hydrogens (tertiary/aromatic N) is 4. The van der Waals surface area contributed by atoms with Gasteiger partial charge in [-0.05, 0) is 30.3 Å². The molecule has 2 aromatic rings. The van der Waals surface area contributed by atoms with Gasteiger partial charge in [0, 0.05) is 38.1 Å². The van der Waals surface area contributed by atoms with Crippen molar-refractivity contribution in [3.05, 3.63) is 46.1 Å². The standard InChI is InChI=1S/C19H28N4OS/c1-15-7-5-6-8-16(15)13-21-9-11-22(12-10-21)14-23-18(25)24-17(20-23)19(2,3)4/h5-8H,9-14H2,1-4H3. The third-order valence-corrected chi connectivity index (χ3v) is 5.00. The van der Waals surface area contributed by atoms with Gasteiger partial charge in [0.1, 0.15) is 0 Å². The second-order valence-electron chi connectivity index (χ2n) is 7.88. The van der Waals surface area contributed by atoms with Crippen molar-refractivity contribution in [3.8, 4) is 0 Å². The van der Waals surface area contributed by atoms with Crippen molar-refractivity contribution in [2.75, 3.05) is 26.2 Å². The molecule has 0 saturated carbocycles. The molecule has 0 amide bonds. The number of aryl methyl sites for hydroxylation is 1. The molecule has 0 N–H and O–H groups in total. The van der Waals surface area contributed by atoms with Crippen molar-refractivity contribution in [1.82, 2.24) is 19.6 Å². The van der Waals surface area contributed by atoms with Gasteiger partial charge in [-0.2, -0.15) is 0 Å². The van der Waals surface area contributed by atoms with E-state index in [0.29, 0.717) is 17.4 Å².